The van der Waals surface area contributed by atoms with Crippen LogP contribution in [0.4, 0.5) is 5.82 Å². The van der Waals surface area contributed by atoms with E-state index in [0.29, 0.717) is 0 Å². The molecule has 3 aromatic heterocycles. The number of rotatable bonds is 9. The van der Waals surface area contributed by atoms with Crippen LogP contribution in [0.5, 0.6) is 0 Å². The normalized spacial score (nSPS) is 23.4. The van der Waals surface area contributed by atoms with Crippen LogP contribution in [0.2, 0.25) is 5.28 Å². The molecule has 0 unspecified atom stereocenters. The van der Waals surface area contributed by atoms with Crippen LogP contribution in [0, 0.1) is 0 Å². The van der Waals surface area contributed by atoms with E-state index in [9.17, 15) is 18.6 Å². The number of sulfonamides is 1. The summed E-state index contributed by atoms with van der Waals surface area (Å²) in [5.74, 6) is 0.132. The molecule has 33 heavy (non-hydrogen) atoms. The molecule has 1 fully saturated rings. The molecule has 0 spiro atoms. The van der Waals surface area contributed by atoms with E-state index in [1.165, 1.54) is 17.0 Å². The van der Waals surface area contributed by atoms with Gasteiger partial charge in [-0.1, -0.05) is 12.1 Å². The molecule has 0 saturated carbocycles. The van der Waals surface area contributed by atoms with Gasteiger partial charge in [0.25, 0.3) is 0 Å². The Hall–Kier alpha value is -2.40. The third-order valence-corrected chi connectivity index (χ3v) is 6.59. The Morgan fingerprint density at radius 2 is 2.06 bits per heavy atom. The zero-order valence-electron chi connectivity index (χ0n) is 17.3. The molecular formula is C17H22ClN7O7S. The Balaban J connectivity index is 1.58. The van der Waals surface area contributed by atoms with Crippen molar-refractivity contribution in [3.63, 3.8) is 0 Å². The van der Waals surface area contributed by atoms with Gasteiger partial charge in [0.15, 0.2) is 29.0 Å². The monoisotopic (exact) mass is 503 g/mol. The topological polar surface area (TPSA) is 198 Å². The number of aliphatic hydroxyl groups excluding tert-OH is 3. The van der Waals surface area contributed by atoms with Crippen LogP contribution in [-0.2, 0) is 21.4 Å². The summed E-state index contributed by atoms with van der Waals surface area (Å²) in [4.78, 5) is 12.5. The van der Waals surface area contributed by atoms with Crippen molar-refractivity contribution in [3.8, 4) is 0 Å². The predicted octanol–water partition coefficient (Wildman–Crippen LogP) is -0.697. The zero-order chi connectivity index (χ0) is 23.8. The Labute approximate surface area is 192 Å². The summed E-state index contributed by atoms with van der Waals surface area (Å²) in [6, 6.07) is 1.41. The lowest BCUT2D eigenvalue weighted by Gasteiger charge is -2.16. The van der Waals surface area contributed by atoms with Gasteiger partial charge < -0.3 is 29.9 Å². The zero-order valence-corrected chi connectivity index (χ0v) is 18.9. The van der Waals surface area contributed by atoms with Crippen LogP contribution >= 0.6 is 11.6 Å². The minimum absolute atomic E-state index is 0.0344. The van der Waals surface area contributed by atoms with E-state index < -0.39 is 34.6 Å². The van der Waals surface area contributed by atoms with E-state index in [0.717, 1.165) is 0 Å². The highest BCUT2D eigenvalue weighted by atomic mass is 35.5. The molecule has 0 aliphatic carbocycles. The number of imidazole rings is 1. The SMILES string of the molecule is CCNS(=O)(=O)CCNc1nc(Cl)nc2c1ncn2[C@@H]1O[C@H](c2cc(CO)no2)[C@@H](O)[C@@H]1O. The number of fused-ring (bicyclic) bond motifs is 1. The summed E-state index contributed by atoms with van der Waals surface area (Å²) in [5.41, 5.74) is 0.701. The molecule has 0 bridgehead atoms. The lowest BCUT2D eigenvalue weighted by atomic mass is 10.1. The Bertz CT molecular complexity index is 1230. The second kappa shape index (κ2) is 9.46. The third-order valence-electron chi connectivity index (χ3n) is 4.95. The van der Waals surface area contributed by atoms with Gasteiger partial charge in [0.1, 0.15) is 24.0 Å². The van der Waals surface area contributed by atoms with Crippen molar-refractivity contribution >= 4 is 38.6 Å². The molecule has 4 atom stereocenters. The number of halogens is 1. The molecule has 3 aromatic rings. The summed E-state index contributed by atoms with van der Waals surface area (Å²) >= 11 is 6.05. The van der Waals surface area contributed by atoms with Crippen molar-refractivity contribution in [3.05, 3.63) is 29.1 Å². The van der Waals surface area contributed by atoms with Crippen LogP contribution < -0.4 is 10.0 Å². The van der Waals surface area contributed by atoms with E-state index in [-0.39, 0.29) is 59.2 Å². The van der Waals surface area contributed by atoms with E-state index >= 15 is 0 Å². The highest BCUT2D eigenvalue weighted by Gasteiger charge is 2.47. The average molecular weight is 504 g/mol. The third kappa shape index (κ3) is 4.79. The molecular weight excluding hydrogens is 482 g/mol. The summed E-state index contributed by atoms with van der Waals surface area (Å²) < 4.78 is 38.4. The molecule has 0 amide bonds. The van der Waals surface area contributed by atoms with Gasteiger partial charge in [0, 0.05) is 19.2 Å². The van der Waals surface area contributed by atoms with Crippen LogP contribution in [0.15, 0.2) is 16.9 Å². The first kappa shape index (κ1) is 23.7. The van der Waals surface area contributed by atoms with Crippen LogP contribution in [0.25, 0.3) is 11.2 Å². The van der Waals surface area contributed by atoms with Crippen LogP contribution in [0.1, 0.15) is 30.7 Å². The molecule has 14 nitrogen and oxygen atoms in total. The van der Waals surface area contributed by atoms with Crippen molar-refractivity contribution in [2.45, 2.75) is 38.1 Å². The summed E-state index contributed by atoms with van der Waals surface area (Å²) in [7, 11) is -3.44. The Morgan fingerprint density at radius 3 is 2.76 bits per heavy atom. The second-order valence-electron chi connectivity index (χ2n) is 7.22. The van der Waals surface area contributed by atoms with Gasteiger partial charge in [-0.3, -0.25) is 4.57 Å². The van der Waals surface area contributed by atoms with Gasteiger partial charge in [0.05, 0.1) is 18.7 Å². The van der Waals surface area contributed by atoms with Gasteiger partial charge in [0.2, 0.25) is 15.3 Å². The number of aliphatic hydroxyl groups is 3. The van der Waals surface area contributed by atoms with Crippen LogP contribution in [-0.4, -0.2) is 79.5 Å². The molecule has 4 rings (SSSR count). The Kier molecular flexibility index (Phi) is 6.81. The molecule has 4 heterocycles. The van der Waals surface area contributed by atoms with Crippen molar-refractivity contribution in [1.29, 1.82) is 0 Å². The lowest BCUT2D eigenvalue weighted by Crippen LogP contribution is -2.29. The maximum absolute atomic E-state index is 11.8. The number of ether oxygens (including phenoxy) is 1. The number of nitrogens with zero attached hydrogens (tertiary/aromatic N) is 5. The number of hydrogen-bond donors (Lipinski definition) is 5. The maximum atomic E-state index is 11.8. The molecule has 0 radical (unpaired) electrons. The van der Waals surface area contributed by atoms with Gasteiger partial charge in [-0.15, -0.1) is 0 Å². The number of nitrogens with one attached hydrogen (secondary N) is 2. The van der Waals surface area contributed by atoms with Gasteiger partial charge >= 0.3 is 0 Å². The maximum Gasteiger partial charge on any atom is 0.226 e. The fourth-order valence-corrected chi connectivity index (χ4v) is 4.58. The smallest absolute Gasteiger partial charge is 0.226 e. The lowest BCUT2D eigenvalue weighted by molar-refractivity contribution is -0.0434. The molecule has 16 heteroatoms. The largest absolute Gasteiger partial charge is 0.390 e. The minimum Gasteiger partial charge on any atom is -0.390 e. The van der Waals surface area contributed by atoms with E-state index in [1.807, 2.05) is 0 Å². The first-order valence-corrected chi connectivity index (χ1v) is 12.0. The fourth-order valence-electron chi connectivity index (χ4n) is 3.46. The summed E-state index contributed by atoms with van der Waals surface area (Å²) in [6.07, 6.45) is -3.57. The number of aromatic nitrogens is 5. The Morgan fingerprint density at radius 1 is 1.27 bits per heavy atom. The van der Waals surface area contributed by atoms with Crippen molar-refractivity contribution in [1.82, 2.24) is 29.4 Å². The fraction of sp³-hybridized carbons (Fsp3) is 0.529. The van der Waals surface area contributed by atoms with Gasteiger partial charge in [-0.25, -0.2) is 18.1 Å². The minimum atomic E-state index is -3.44. The van der Waals surface area contributed by atoms with E-state index in [2.05, 4.69) is 30.1 Å². The first-order valence-electron chi connectivity index (χ1n) is 9.93. The summed E-state index contributed by atoms with van der Waals surface area (Å²) in [5, 5.41) is 36.6. The standard InChI is InChI=1S/C17H22ClN7O7S/c1-2-21-33(29,30)4-3-19-14-10-15(23-17(18)22-14)25(7-20-10)16-12(28)11(27)13(31-16)9-5-8(6-26)24-32-9/h5,7,11-13,16,21,26-28H,2-4,6H2,1H3,(H,19,22,23)/t11-,12-,13+,16+/m0/s1. The number of hydrogen-bond acceptors (Lipinski definition) is 12. The molecule has 1 aliphatic heterocycles. The highest BCUT2D eigenvalue weighted by molar-refractivity contribution is 7.89. The quantitative estimate of drug-likeness (QED) is 0.230. The van der Waals surface area contributed by atoms with Crippen molar-refractivity contribution in [2.75, 3.05) is 24.2 Å². The molecule has 1 saturated heterocycles. The highest BCUT2D eigenvalue weighted by Crippen LogP contribution is 2.40. The van der Waals surface area contributed by atoms with Crippen molar-refractivity contribution < 1.29 is 33.0 Å². The average Bonchev–Trinajstić information content (AvgIpc) is 3.46. The molecule has 180 valence electrons. The van der Waals surface area contributed by atoms with Gasteiger partial charge in [-0.2, -0.15) is 9.97 Å². The first-order chi connectivity index (χ1) is 15.7. The van der Waals surface area contributed by atoms with Gasteiger partial charge in [-0.05, 0) is 11.6 Å². The van der Waals surface area contributed by atoms with E-state index in [1.54, 1.807) is 6.92 Å². The van der Waals surface area contributed by atoms with E-state index in [4.69, 9.17) is 26.0 Å². The summed E-state index contributed by atoms with van der Waals surface area (Å²) in [6.45, 7) is 1.64. The van der Waals surface area contributed by atoms with Crippen molar-refractivity contribution in [2.24, 2.45) is 0 Å². The second-order valence-corrected chi connectivity index (χ2v) is 9.48. The predicted molar refractivity (Wildman–Crippen MR) is 114 cm³/mol. The molecule has 5 N–H and O–H groups in total. The molecule has 1 aliphatic rings. The number of anilines is 1. The van der Waals surface area contributed by atoms with Crippen LogP contribution in [0.3, 0.4) is 0 Å². The molecule has 0 aromatic carbocycles.